The minimum atomic E-state index is -3.48. The van der Waals surface area contributed by atoms with Crippen molar-refractivity contribution < 1.29 is 12.8 Å². The highest BCUT2D eigenvalue weighted by atomic mass is 32.2. The fourth-order valence-corrected chi connectivity index (χ4v) is 2.94. The summed E-state index contributed by atoms with van der Waals surface area (Å²) in [5, 5.41) is 3.13. The van der Waals surface area contributed by atoms with Gasteiger partial charge >= 0.3 is 0 Å². The summed E-state index contributed by atoms with van der Waals surface area (Å²) in [6, 6.07) is 4.47. The molecule has 6 heteroatoms. The standard InChI is InChI=1S/C13H21FN2O2S/c1-3-15-9-4-5-10-19(17,18)16-13-11(2)7-6-8-12(13)14/h6-8,15-16H,3-5,9-10H2,1-2H3. The lowest BCUT2D eigenvalue weighted by Gasteiger charge is -2.11. The van der Waals surface area contributed by atoms with Crippen molar-refractivity contribution in [2.24, 2.45) is 0 Å². The molecule has 0 fully saturated rings. The van der Waals surface area contributed by atoms with Crippen LogP contribution in [0.15, 0.2) is 18.2 Å². The van der Waals surface area contributed by atoms with Gasteiger partial charge in [0.05, 0.1) is 11.4 Å². The molecule has 0 atom stereocenters. The Labute approximate surface area is 114 Å². The lowest BCUT2D eigenvalue weighted by atomic mass is 10.2. The summed E-state index contributed by atoms with van der Waals surface area (Å²) in [6.45, 7) is 5.34. The summed E-state index contributed by atoms with van der Waals surface area (Å²) in [5.74, 6) is -0.539. The van der Waals surface area contributed by atoms with Crippen LogP contribution in [0.25, 0.3) is 0 Å². The molecule has 0 amide bonds. The van der Waals surface area contributed by atoms with Crippen LogP contribution in [0.2, 0.25) is 0 Å². The summed E-state index contributed by atoms with van der Waals surface area (Å²) >= 11 is 0. The van der Waals surface area contributed by atoms with Gasteiger partial charge in [-0.05, 0) is 44.5 Å². The molecular weight excluding hydrogens is 267 g/mol. The maximum absolute atomic E-state index is 13.5. The third-order valence-electron chi connectivity index (χ3n) is 2.75. The van der Waals surface area contributed by atoms with Gasteiger partial charge in [-0.15, -0.1) is 0 Å². The van der Waals surface area contributed by atoms with E-state index in [1.165, 1.54) is 6.07 Å². The van der Waals surface area contributed by atoms with E-state index in [0.29, 0.717) is 12.0 Å². The molecular formula is C13H21FN2O2S. The van der Waals surface area contributed by atoms with Crippen LogP contribution in [0.1, 0.15) is 25.3 Å². The summed E-state index contributed by atoms with van der Waals surface area (Å²) in [5.41, 5.74) is 0.630. The second-order valence-corrected chi connectivity index (χ2v) is 6.26. The van der Waals surface area contributed by atoms with E-state index in [4.69, 9.17) is 0 Å². The number of sulfonamides is 1. The number of anilines is 1. The van der Waals surface area contributed by atoms with E-state index >= 15 is 0 Å². The van der Waals surface area contributed by atoms with Gasteiger partial charge in [0.1, 0.15) is 5.82 Å². The van der Waals surface area contributed by atoms with E-state index < -0.39 is 15.8 Å². The van der Waals surface area contributed by atoms with Gasteiger partial charge in [0.15, 0.2) is 0 Å². The van der Waals surface area contributed by atoms with Crippen LogP contribution in [-0.4, -0.2) is 27.3 Å². The minimum absolute atomic E-state index is 0.00612. The van der Waals surface area contributed by atoms with Crippen LogP contribution in [0, 0.1) is 12.7 Å². The van der Waals surface area contributed by atoms with Crippen LogP contribution in [-0.2, 0) is 10.0 Å². The Balaban J connectivity index is 2.55. The van der Waals surface area contributed by atoms with E-state index in [0.717, 1.165) is 19.5 Å². The number of halogens is 1. The molecule has 0 saturated carbocycles. The molecule has 0 unspecified atom stereocenters. The molecule has 0 radical (unpaired) electrons. The first-order valence-electron chi connectivity index (χ1n) is 6.42. The molecule has 0 aliphatic rings. The van der Waals surface area contributed by atoms with Crippen molar-refractivity contribution in [3.05, 3.63) is 29.6 Å². The average Bonchev–Trinajstić information content (AvgIpc) is 2.34. The normalized spacial score (nSPS) is 11.5. The maximum Gasteiger partial charge on any atom is 0.232 e. The zero-order valence-corrected chi connectivity index (χ0v) is 12.2. The first-order chi connectivity index (χ1) is 8.96. The Morgan fingerprint density at radius 1 is 1.26 bits per heavy atom. The molecule has 0 aliphatic carbocycles. The molecule has 108 valence electrons. The largest absolute Gasteiger partial charge is 0.317 e. The van der Waals surface area contributed by atoms with Gasteiger partial charge in [0.25, 0.3) is 0 Å². The maximum atomic E-state index is 13.5. The van der Waals surface area contributed by atoms with Crippen LogP contribution >= 0.6 is 0 Å². The molecule has 0 spiro atoms. The summed E-state index contributed by atoms with van der Waals surface area (Å²) in [6.07, 6.45) is 1.33. The second-order valence-electron chi connectivity index (χ2n) is 4.41. The van der Waals surface area contributed by atoms with Gasteiger partial charge in [0, 0.05) is 0 Å². The summed E-state index contributed by atoms with van der Waals surface area (Å²) in [4.78, 5) is 0. The van der Waals surface area contributed by atoms with Crippen molar-refractivity contribution in [1.82, 2.24) is 5.32 Å². The van der Waals surface area contributed by atoms with Crippen LogP contribution < -0.4 is 10.0 Å². The van der Waals surface area contributed by atoms with E-state index in [-0.39, 0.29) is 11.4 Å². The molecule has 0 saturated heterocycles. The molecule has 1 rings (SSSR count). The summed E-state index contributed by atoms with van der Waals surface area (Å²) < 4.78 is 39.5. The number of rotatable bonds is 8. The van der Waals surface area contributed by atoms with Crippen molar-refractivity contribution in [3.63, 3.8) is 0 Å². The quantitative estimate of drug-likeness (QED) is 0.721. The zero-order valence-electron chi connectivity index (χ0n) is 11.4. The Kier molecular flexibility index (Phi) is 6.24. The topological polar surface area (TPSA) is 58.2 Å². The van der Waals surface area contributed by atoms with Gasteiger partial charge in [-0.2, -0.15) is 0 Å². The van der Waals surface area contributed by atoms with E-state index in [9.17, 15) is 12.8 Å². The first-order valence-corrected chi connectivity index (χ1v) is 8.08. The van der Waals surface area contributed by atoms with Crippen molar-refractivity contribution in [2.75, 3.05) is 23.6 Å². The van der Waals surface area contributed by atoms with Gasteiger partial charge in [-0.1, -0.05) is 19.1 Å². The van der Waals surface area contributed by atoms with Crippen LogP contribution in [0.3, 0.4) is 0 Å². The lowest BCUT2D eigenvalue weighted by molar-refractivity contribution is 0.591. The van der Waals surface area contributed by atoms with Gasteiger partial charge in [-0.25, -0.2) is 12.8 Å². The van der Waals surface area contributed by atoms with Gasteiger partial charge < -0.3 is 5.32 Å². The monoisotopic (exact) mass is 288 g/mol. The molecule has 4 nitrogen and oxygen atoms in total. The van der Waals surface area contributed by atoms with Gasteiger partial charge in [0.2, 0.25) is 10.0 Å². The minimum Gasteiger partial charge on any atom is -0.317 e. The molecule has 1 aromatic rings. The fourth-order valence-electron chi connectivity index (χ4n) is 1.69. The predicted molar refractivity (Wildman–Crippen MR) is 76.3 cm³/mol. The molecule has 0 aromatic heterocycles. The number of unbranched alkanes of at least 4 members (excludes halogenated alkanes) is 1. The smallest absolute Gasteiger partial charge is 0.232 e. The van der Waals surface area contributed by atoms with Crippen molar-refractivity contribution in [2.45, 2.75) is 26.7 Å². The highest BCUT2D eigenvalue weighted by molar-refractivity contribution is 7.92. The van der Waals surface area contributed by atoms with Crippen LogP contribution in [0.4, 0.5) is 10.1 Å². The summed E-state index contributed by atoms with van der Waals surface area (Å²) in [7, 11) is -3.48. The van der Waals surface area contributed by atoms with E-state index in [2.05, 4.69) is 10.0 Å². The van der Waals surface area contributed by atoms with Crippen molar-refractivity contribution >= 4 is 15.7 Å². The zero-order chi connectivity index (χ0) is 14.3. The van der Waals surface area contributed by atoms with Gasteiger partial charge in [-0.3, -0.25) is 4.72 Å². The molecule has 0 heterocycles. The highest BCUT2D eigenvalue weighted by Gasteiger charge is 2.14. The Morgan fingerprint density at radius 3 is 2.63 bits per heavy atom. The SMILES string of the molecule is CCNCCCCS(=O)(=O)Nc1c(C)cccc1F. The fraction of sp³-hybridized carbons (Fsp3) is 0.538. The van der Waals surface area contributed by atoms with Crippen LogP contribution in [0.5, 0.6) is 0 Å². The van der Waals surface area contributed by atoms with Crippen molar-refractivity contribution in [3.8, 4) is 0 Å². The third-order valence-corrected chi connectivity index (χ3v) is 4.09. The number of hydrogen-bond acceptors (Lipinski definition) is 3. The second kappa shape index (κ2) is 7.45. The Hall–Kier alpha value is -1.14. The predicted octanol–water partition coefficient (Wildman–Crippen LogP) is 2.27. The Bertz CT molecular complexity index is 483. The van der Waals surface area contributed by atoms with E-state index in [1.54, 1.807) is 19.1 Å². The lowest BCUT2D eigenvalue weighted by Crippen LogP contribution is -2.20. The third kappa shape index (κ3) is 5.57. The number of aryl methyl sites for hydroxylation is 1. The number of hydrogen-bond donors (Lipinski definition) is 2. The molecule has 2 N–H and O–H groups in total. The number of benzene rings is 1. The van der Waals surface area contributed by atoms with E-state index in [1.807, 2.05) is 6.92 Å². The molecule has 0 aliphatic heterocycles. The molecule has 0 bridgehead atoms. The number of para-hydroxylation sites is 1. The average molecular weight is 288 g/mol. The highest BCUT2D eigenvalue weighted by Crippen LogP contribution is 2.20. The van der Waals surface area contributed by atoms with Crippen molar-refractivity contribution in [1.29, 1.82) is 0 Å². The molecule has 19 heavy (non-hydrogen) atoms. The first kappa shape index (κ1) is 15.9. The number of nitrogens with one attached hydrogen (secondary N) is 2. The molecule has 1 aromatic carbocycles. The Morgan fingerprint density at radius 2 is 2.00 bits per heavy atom.